The number of carbonyl (C=O) groups excluding carboxylic acids is 1. The molecule has 2 aromatic carbocycles. The van der Waals surface area contributed by atoms with Crippen molar-refractivity contribution in [3.63, 3.8) is 0 Å². The summed E-state index contributed by atoms with van der Waals surface area (Å²) < 4.78 is 32.0. The average molecular weight is 483 g/mol. The second kappa shape index (κ2) is 10.1. The number of benzene rings is 2. The highest BCUT2D eigenvalue weighted by molar-refractivity contribution is 7.88. The van der Waals surface area contributed by atoms with Crippen molar-refractivity contribution >= 4 is 44.8 Å². The summed E-state index contributed by atoms with van der Waals surface area (Å²) in [5.74, 6) is -0.343. The van der Waals surface area contributed by atoms with Crippen LogP contribution in [-0.4, -0.2) is 34.1 Å². The Morgan fingerprint density at radius 3 is 2.42 bits per heavy atom. The van der Waals surface area contributed by atoms with E-state index < -0.39 is 15.4 Å². The number of amides is 1. The van der Waals surface area contributed by atoms with Gasteiger partial charge in [0.15, 0.2) is 0 Å². The molecule has 0 atom stereocenters. The van der Waals surface area contributed by atoms with Crippen LogP contribution in [0.4, 0.5) is 5.69 Å². The normalized spacial score (nSPS) is 15.9. The highest BCUT2D eigenvalue weighted by atomic mass is 35.5. The monoisotopic (exact) mass is 482 g/mol. The molecule has 0 unspecified atom stereocenters. The quantitative estimate of drug-likeness (QED) is 0.549. The van der Waals surface area contributed by atoms with Gasteiger partial charge >= 0.3 is 0 Å². The fourth-order valence-corrected chi connectivity index (χ4v) is 5.30. The molecule has 1 aliphatic rings. The van der Waals surface area contributed by atoms with Crippen LogP contribution in [0.2, 0.25) is 10.0 Å². The molecule has 0 radical (unpaired) electrons. The maximum atomic E-state index is 13.4. The molecule has 3 rings (SSSR count). The van der Waals surface area contributed by atoms with Gasteiger partial charge in [-0.3, -0.25) is 4.79 Å². The molecule has 1 heterocycles. The summed E-state index contributed by atoms with van der Waals surface area (Å²) in [4.78, 5) is 13.4. The van der Waals surface area contributed by atoms with E-state index in [1.807, 2.05) is 0 Å². The summed E-state index contributed by atoms with van der Waals surface area (Å²) in [6.45, 7) is 4.56. The number of carbonyl (C=O) groups is 1. The lowest BCUT2D eigenvalue weighted by Gasteiger charge is -2.36. The summed E-state index contributed by atoms with van der Waals surface area (Å²) in [6.07, 6.45) is 2.46. The lowest BCUT2D eigenvalue weighted by atomic mass is 9.73. The fourth-order valence-electron chi connectivity index (χ4n) is 3.61. The van der Waals surface area contributed by atoms with Crippen LogP contribution in [0.5, 0.6) is 0 Å². The molecule has 166 valence electrons. The molecule has 2 aromatic rings. The summed E-state index contributed by atoms with van der Waals surface area (Å²) >= 11 is 12.5. The number of nitrogens with one attached hydrogen (secondary N) is 2. The zero-order valence-electron chi connectivity index (χ0n) is 16.9. The van der Waals surface area contributed by atoms with Crippen LogP contribution in [0.3, 0.4) is 0 Å². The second-order valence-corrected chi connectivity index (χ2v) is 10.0. The van der Waals surface area contributed by atoms with E-state index in [1.54, 1.807) is 42.5 Å². The highest BCUT2D eigenvalue weighted by Gasteiger charge is 2.43. The Hall–Kier alpha value is -1.90. The minimum atomic E-state index is -3.45. The predicted octanol–water partition coefficient (Wildman–Crippen LogP) is 4.29. The van der Waals surface area contributed by atoms with E-state index in [0.29, 0.717) is 47.4 Å². The van der Waals surface area contributed by atoms with Crippen molar-refractivity contribution < 1.29 is 17.9 Å². The van der Waals surface area contributed by atoms with Gasteiger partial charge < -0.3 is 10.1 Å². The highest BCUT2D eigenvalue weighted by Crippen LogP contribution is 2.40. The van der Waals surface area contributed by atoms with Gasteiger partial charge in [0.25, 0.3) is 0 Å². The predicted molar refractivity (Wildman–Crippen MR) is 124 cm³/mol. The zero-order valence-corrected chi connectivity index (χ0v) is 19.2. The molecule has 0 spiro atoms. The smallest absolute Gasteiger partial charge is 0.235 e. The van der Waals surface area contributed by atoms with Crippen molar-refractivity contribution in [2.45, 2.75) is 24.0 Å². The van der Waals surface area contributed by atoms with Gasteiger partial charge in [-0.2, -0.15) is 0 Å². The zero-order chi connectivity index (χ0) is 22.5. The van der Waals surface area contributed by atoms with Crippen LogP contribution in [0.25, 0.3) is 0 Å². The van der Waals surface area contributed by atoms with Crippen molar-refractivity contribution in [3.05, 3.63) is 76.3 Å². The van der Waals surface area contributed by atoms with E-state index in [-0.39, 0.29) is 18.2 Å². The number of ether oxygens (including phenoxy) is 1. The van der Waals surface area contributed by atoms with Crippen LogP contribution < -0.4 is 10.0 Å². The van der Waals surface area contributed by atoms with Gasteiger partial charge in [0.2, 0.25) is 15.9 Å². The van der Waals surface area contributed by atoms with E-state index in [2.05, 4.69) is 16.6 Å². The van der Waals surface area contributed by atoms with E-state index in [1.165, 1.54) is 6.08 Å². The number of hydrogen-bond acceptors (Lipinski definition) is 4. The van der Waals surface area contributed by atoms with Crippen molar-refractivity contribution in [2.75, 3.05) is 25.1 Å². The van der Waals surface area contributed by atoms with E-state index in [9.17, 15) is 13.2 Å². The first kappa shape index (κ1) is 23.8. The number of rotatable bonds is 8. The Morgan fingerprint density at radius 1 is 1.13 bits per heavy atom. The number of sulfonamides is 1. The van der Waals surface area contributed by atoms with Gasteiger partial charge in [0.05, 0.1) is 11.2 Å². The molecule has 1 saturated heterocycles. The summed E-state index contributed by atoms with van der Waals surface area (Å²) in [7, 11) is -3.45. The van der Waals surface area contributed by atoms with Crippen molar-refractivity contribution in [1.82, 2.24) is 4.72 Å². The van der Waals surface area contributed by atoms with E-state index >= 15 is 0 Å². The van der Waals surface area contributed by atoms with Gasteiger partial charge in [-0.05, 0) is 48.2 Å². The molecule has 2 N–H and O–H groups in total. The molecule has 9 heteroatoms. The molecule has 0 aromatic heterocycles. The molecule has 6 nitrogen and oxygen atoms in total. The largest absolute Gasteiger partial charge is 0.381 e. The Kier molecular flexibility index (Phi) is 7.78. The summed E-state index contributed by atoms with van der Waals surface area (Å²) in [6, 6.07) is 11.9. The van der Waals surface area contributed by atoms with Crippen LogP contribution in [-0.2, 0) is 30.7 Å². The van der Waals surface area contributed by atoms with Gasteiger partial charge in [0.1, 0.15) is 0 Å². The fraction of sp³-hybridized carbons (Fsp3) is 0.318. The molecule has 0 aliphatic carbocycles. The second-order valence-electron chi connectivity index (χ2n) is 7.37. The number of halogens is 2. The standard InChI is InChI=1S/C22H24Cl2N2O4S/c1-2-11-25-31(28,29)15-16-3-6-18(7-4-16)26-21(27)22(9-12-30-13-10-22)19-8-5-17(23)14-20(19)24/h2-8,14,25H,1,9-13,15H2,(H,26,27). The Balaban J connectivity index is 1.79. The van der Waals surface area contributed by atoms with Crippen molar-refractivity contribution in [2.24, 2.45) is 0 Å². The lowest BCUT2D eigenvalue weighted by molar-refractivity contribution is -0.125. The van der Waals surface area contributed by atoms with Gasteiger partial charge in [-0.25, -0.2) is 13.1 Å². The van der Waals surface area contributed by atoms with Crippen LogP contribution >= 0.6 is 23.2 Å². The molecule has 1 aliphatic heterocycles. The first-order valence-electron chi connectivity index (χ1n) is 9.78. The topological polar surface area (TPSA) is 84.5 Å². The maximum absolute atomic E-state index is 13.4. The lowest BCUT2D eigenvalue weighted by Crippen LogP contribution is -2.45. The maximum Gasteiger partial charge on any atom is 0.235 e. The van der Waals surface area contributed by atoms with Crippen LogP contribution in [0.15, 0.2) is 55.1 Å². The molecule has 1 fully saturated rings. The minimum Gasteiger partial charge on any atom is -0.381 e. The third-order valence-electron chi connectivity index (χ3n) is 5.24. The molecular formula is C22H24Cl2N2O4S. The summed E-state index contributed by atoms with van der Waals surface area (Å²) in [5.41, 5.74) is 1.06. The van der Waals surface area contributed by atoms with Crippen LogP contribution in [0, 0.1) is 0 Å². The van der Waals surface area contributed by atoms with Crippen molar-refractivity contribution in [3.8, 4) is 0 Å². The molecule has 0 bridgehead atoms. The first-order valence-corrected chi connectivity index (χ1v) is 12.2. The third kappa shape index (κ3) is 5.87. The molecule has 1 amide bonds. The average Bonchev–Trinajstić information content (AvgIpc) is 2.74. The Morgan fingerprint density at radius 2 is 1.81 bits per heavy atom. The van der Waals surface area contributed by atoms with Gasteiger partial charge in [-0.15, -0.1) is 6.58 Å². The first-order chi connectivity index (χ1) is 14.8. The molecular weight excluding hydrogens is 459 g/mol. The van der Waals surface area contributed by atoms with Crippen molar-refractivity contribution in [1.29, 1.82) is 0 Å². The van der Waals surface area contributed by atoms with Gasteiger partial charge in [0, 0.05) is 35.5 Å². The van der Waals surface area contributed by atoms with E-state index in [0.717, 1.165) is 5.56 Å². The van der Waals surface area contributed by atoms with E-state index in [4.69, 9.17) is 27.9 Å². The number of anilines is 1. The molecule has 0 saturated carbocycles. The van der Waals surface area contributed by atoms with Crippen LogP contribution in [0.1, 0.15) is 24.0 Å². The Labute approximate surface area is 192 Å². The SMILES string of the molecule is C=CCNS(=O)(=O)Cc1ccc(NC(=O)C2(c3ccc(Cl)cc3Cl)CCOCC2)cc1. The number of hydrogen-bond donors (Lipinski definition) is 2. The van der Waals surface area contributed by atoms with Gasteiger partial charge in [-0.1, -0.05) is 47.5 Å². The summed E-state index contributed by atoms with van der Waals surface area (Å²) in [5, 5.41) is 3.90. The third-order valence-corrected chi connectivity index (χ3v) is 7.11. The Bertz CT molecular complexity index is 1050. The minimum absolute atomic E-state index is 0.156. The molecule has 31 heavy (non-hydrogen) atoms.